The summed E-state index contributed by atoms with van der Waals surface area (Å²) >= 11 is 0. The molecule has 2 bridgehead atoms. The quantitative estimate of drug-likeness (QED) is 0.741. The number of fused-ring (bicyclic) bond motifs is 4. The number of nitrogens with two attached hydrogens (primary N) is 1. The van der Waals surface area contributed by atoms with E-state index in [0.717, 1.165) is 0 Å². The van der Waals surface area contributed by atoms with Crippen LogP contribution in [0.4, 0.5) is 0 Å². The van der Waals surface area contributed by atoms with Crippen molar-refractivity contribution in [3.8, 4) is 0 Å². The Hall–Kier alpha value is -2.61. The lowest BCUT2D eigenvalue weighted by Crippen LogP contribution is -2.58. The summed E-state index contributed by atoms with van der Waals surface area (Å²) in [6.07, 6.45) is 5.22. The van der Waals surface area contributed by atoms with Crippen molar-refractivity contribution in [3.05, 3.63) is 45.9 Å². The molecule has 23 heavy (non-hydrogen) atoms. The van der Waals surface area contributed by atoms with E-state index >= 15 is 0 Å². The van der Waals surface area contributed by atoms with Gasteiger partial charge in [0, 0.05) is 25.4 Å². The van der Waals surface area contributed by atoms with Gasteiger partial charge in [-0.25, -0.2) is 0 Å². The van der Waals surface area contributed by atoms with Gasteiger partial charge in [0.25, 0.3) is 11.8 Å². The minimum Gasteiger partial charge on any atom is -0.382 e. The van der Waals surface area contributed by atoms with E-state index in [9.17, 15) is 14.4 Å². The van der Waals surface area contributed by atoms with Crippen LogP contribution in [0.1, 0.15) is 27.8 Å². The second kappa shape index (κ2) is 5.54. The number of carbonyl (C=O) groups excluding carboxylic acids is 2. The number of rotatable bonds is 3. The zero-order valence-electron chi connectivity index (χ0n) is 12.9. The van der Waals surface area contributed by atoms with Gasteiger partial charge in [-0.05, 0) is 6.92 Å². The van der Waals surface area contributed by atoms with Crippen molar-refractivity contribution in [2.45, 2.75) is 19.0 Å². The summed E-state index contributed by atoms with van der Waals surface area (Å²) in [5.41, 5.74) is 4.76. The van der Waals surface area contributed by atoms with Crippen molar-refractivity contribution < 1.29 is 14.3 Å². The molecule has 0 saturated heterocycles. The summed E-state index contributed by atoms with van der Waals surface area (Å²) in [7, 11) is 1.59. The number of methoxy groups -OCH3 is 1. The lowest BCUT2D eigenvalue weighted by Gasteiger charge is -2.42. The summed E-state index contributed by atoms with van der Waals surface area (Å²) in [6, 6.07) is 0.929. The predicted molar refractivity (Wildman–Crippen MR) is 82.7 cm³/mol. The van der Waals surface area contributed by atoms with Gasteiger partial charge in [-0.2, -0.15) is 0 Å². The average molecular weight is 318 g/mol. The third kappa shape index (κ3) is 2.40. The fraction of sp³-hybridized carbons (Fsp3) is 0.400. The minimum atomic E-state index is -0.817. The van der Waals surface area contributed by atoms with Crippen molar-refractivity contribution in [1.29, 1.82) is 0 Å². The zero-order valence-corrected chi connectivity index (χ0v) is 12.9. The topological polar surface area (TPSA) is 97.9 Å². The Kier molecular flexibility index (Phi) is 3.69. The van der Waals surface area contributed by atoms with Gasteiger partial charge in [0.1, 0.15) is 17.9 Å². The van der Waals surface area contributed by atoms with Crippen molar-refractivity contribution in [2.24, 2.45) is 5.73 Å². The van der Waals surface area contributed by atoms with Crippen LogP contribution < -0.4 is 16.2 Å². The van der Waals surface area contributed by atoms with Crippen LogP contribution in [0.5, 0.6) is 0 Å². The zero-order chi connectivity index (χ0) is 16.7. The molecule has 3 heterocycles. The minimum absolute atomic E-state index is 0.105. The maximum Gasteiger partial charge on any atom is 0.274 e. The highest BCUT2D eigenvalue weighted by molar-refractivity contribution is 5.96. The Morgan fingerprint density at radius 2 is 2.13 bits per heavy atom. The molecule has 2 amide bonds. The standard InChI is InChI=1S/C15H18N4O4/c1-9-3-4-10(7-23-2)19-8-17(9)15(22)12-5-13(20)11(14(16)21)6-18(12)19/h3-6,9-10H,7-8H2,1-2H3,(H2,16,21). The first-order valence-corrected chi connectivity index (χ1v) is 7.25. The molecule has 0 aromatic carbocycles. The Bertz CT molecular complexity index is 754. The third-order valence-electron chi connectivity index (χ3n) is 4.17. The van der Waals surface area contributed by atoms with Crippen LogP contribution in [0.15, 0.2) is 29.2 Å². The molecule has 0 spiro atoms. The maximum absolute atomic E-state index is 12.6. The SMILES string of the molecule is COCC1C=CC(C)N2CN1n1cc(C(N)=O)c(=O)cc1C2=O. The highest BCUT2D eigenvalue weighted by Gasteiger charge is 2.36. The fourth-order valence-electron chi connectivity index (χ4n) is 2.90. The summed E-state index contributed by atoms with van der Waals surface area (Å²) in [5, 5.41) is 1.87. The Morgan fingerprint density at radius 3 is 2.78 bits per heavy atom. The molecule has 122 valence electrons. The van der Waals surface area contributed by atoms with E-state index in [2.05, 4.69) is 0 Å². The molecule has 0 fully saturated rings. The molecule has 2 aliphatic heterocycles. The monoisotopic (exact) mass is 318 g/mol. The largest absolute Gasteiger partial charge is 0.382 e. The Balaban J connectivity index is 2.20. The van der Waals surface area contributed by atoms with Gasteiger partial charge < -0.3 is 15.4 Å². The van der Waals surface area contributed by atoms with E-state index < -0.39 is 11.3 Å². The van der Waals surface area contributed by atoms with Crippen LogP contribution in [-0.2, 0) is 4.74 Å². The van der Waals surface area contributed by atoms with Crippen LogP contribution in [0.25, 0.3) is 0 Å². The summed E-state index contributed by atoms with van der Waals surface area (Å²) in [5.74, 6) is -1.08. The molecule has 8 nitrogen and oxygen atoms in total. The van der Waals surface area contributed by atoms with Gasteiger partial charge in [-0.1, -0.05) is 12.2 Å². The van der Waals surface area contributed by atoms with Gasteiger partial charge in [-0.15, -0.1) is 0 Å². The highest BCUT2D eigenvalue weighted by Crippen LogP contribution is 2.21. The molecule has 3 rings (SSSR count). The van der Waals surface area contributed by atoms with E-state index in [1.165, 1.54) is 16.9 Å². The Labute approximate surface area is 132 Å². The van der Waals surface area contributed by atoms with Gasteiger partial charge in [0.2, 0.25) is 0 Å². The number of hydrogen-bond donors (Lipinski definition) is 1. The first-order chi connectivity index (χ1) is 10.9. The maximum atomic E-state index is 12.6. The number of hydrogen-bond acceptors (Lipinski definition) is 5. The van der Waals surface area contributed by atoms with Gasteiger partial charge in [-0.3, -0.25) is 24.1 Å². The van der Waals surface area contributed by atoms with Crippen molar-refractivity contribution >= 4 is 11.8 Å². The van der Waals surface area contributed by atoms with E-state index in [4.69, 9.17) is 10.5 Å². The summed E-state index contributed by atoms with van der Waals surface area (Å²) in [4.78, 5) is 37.8. The first kappa shape index (κ1) is 15.3. The second-order valence-electron chi connectivity index (χ2n) is 5.65. The second-order valence-corrected chi connectivity index (χ2v) is 5.65. The lowest BCUT2D eigenvalue weighted by molar-refractivity contribution is 0.0644. The molecule has 0 radical (unpaired) electrons. The Morgan fingerprint density at radius 1 is 1.39 bits per heavy atom. The molecular weight excluding hydrogens is 300 g/mol. The molecule has 0 aliphatic carbocycles. The number of pyridine rings is 1. The van der Waals surface area contributed by atoms with Crippen LogP contribution in [0.2, 0.25) is 0 Å². The number of amides is 2. The molecular formula is C15H18N4O4. The van der Waals surface area contributed by atoms with E-state index in [-0.39, 0.29) is 29.2 Å². The predicted octanol–water partition coefficient (Wildman–Crippen LogP) is -0.728. The molecule has 1 aromatic heterocycles. The molecule has 2 aliphatic rings. The highest BCUT2D eigenvalue weighted by atomic mass is 16.5. The summed E-state index contributed by atoms with van der Waals surface area (Å²) in [6.45, 7) is 2.64. The number of carbonyl (C=O) groups is 2. The number of aromatic nitrogens is 1. The van der Waals surface area contributed by atoms with Crippen molar-refractivity contribution in [2.75, 3.05) is 25.4 Å². The first-order valence-electron chi connectivity index (χ1n) is 7.25. The van der Waals surface area contributed by atoms with E-state index in [0.29, 0.717) is 13.3 Å². The van der Waals surface area contributed by atoms with Crippen LogP contribution in [-0.4, -0.2) is 53.9 Å². The average Bonchev–Trinajstić information content (AvgIpc) is 2.64. The molecule has 2 N–H and O–H groups in total. The van der Waals surface area contributed by atoms with Crippen LogP contribution in [0.3, 0.4) is 0 Å². The van der Waals surface area contributed by atoms with Crippen LogP contribution in [0, 0.1) is 0 Å². The molecule has 8 heteroatoms. The fourth-order valence-corrected chi connectivity index (χ4v) is 2.90. The molecule has 2 unspecified atom stereocenters. The molecule has 2 atom stereocenters. The van der Waals surface area contributed by atoms with E-state index in [1.54, 1.807) is 12.0 Å². The lowest BCUT2D eigenvalue weighted by atomic mass is 10.2. The normalized spacial score (nSPS) is 22.8. The number of primary amides is 1. The summed E-state index contributed by atoms with van der Waals surface area (Å²) < 4.78 is 6.78. The third-order valence-corrected chi connectivity index (χ3v) is 4.17. The van der Waals surface area contributed by atoms with Crippen LogP contribution >= 0.6 is 0 Å². The molecule has 0 saturated carbocycles. The van der Waals surface area contributed by atoms with Gasteiger partial charge in [0.15, 0.2) is 5.43 Å². The number of ether oxygens (including phenoxy) is 1. The molecule has 1 aromatic rings. The number of nitrogens with zero attached hydrogens (tertiary/aromatic N) is 3. The smallest absolute Gasteiger partial charge is 0.274 e. The van der Waals surface area contributed by atoms with Gasteiger partial charge >= 0.3 is 0 Å². The van der Waals surface area contributed by atoms with Crippen molar-refractivity contribution in [3.63, 3.8) is 0 Å². The van der Waals surface area contributed by atoms with Gasteiger partial charge in [0.05, 0.1) is 12.6 Å². The van der Waals surface area contributed by atoms with E-state index in [1.807, 2.05) is 24.1 Å². The van der Waals surface area contributed by atoms with Crippen molar-refractivity contribution in [1.82, 2.24) is 9.58 Å².